The smallest absolute Gasteiger partial charge is 0.406 e. The van der Waals surface area contributed by atoms with Crippen LogP contribution >= 0.6 is 0 Å². The highest BCUT2D eigenvalue weighted by Gasteiger charge is 2.32. The van der Waals surface area contributed by atoms with Gasteiger partial charge < -0.3 is 4.74 Å². The van der Waals surface area contributed by atoms with E-state index in [4.69, 9.17) is 0 Å². The van der Waals surface area contributed by atoms with Gasteiger partial charge in [0.1, 0.15) is 11.6 Å². The van der Waals surface area contributed by atoms with Crippen LogP contribution in [0.4, 0.5) is 30.7 Å². The highest BCUT2D eigenvalue weighted by atomic mass is 19.4. The third-order valence-electron chi connectivity index (χ3n) is 2.70. The maximum absolute atomic E-state index is 13.7. The SMILES string of the molecule is Fc1cc(C(F)(F)F)ccc1-c1ccc(OC(F)(F)F)cc1. The number of ether oxygens (including phenoxy) is 1. The van der Waals surface area contributed by atoms with Gasteiger partial charge in [-0.2, -0.15) is 13.2 Å². The van der Waals surface area contributed by atoms with Gasteiger partial charge >= 0.3 is 12.5 Å². The molecule has 0 saturated carbocycles. The average molecular weight is 324 g/mol. The van der Waals surface area contributed by atoms with E-state index in [9.17, 15) is 30.7 Å². The van der Waals surface area contributed by atoms with Crippen LogP contribution in [0, 0.1) is 5.82 Å². The van der Waals surface area contributed by atoms with Gasteiger partial charge in [-0.1, -0.05) is 18.2 Å². The van der Waals surface area contributed by atoms with Crippen molar-refractivity contribution in [2.75, 3.05) is 0 Å². The lowest BCUT2D eigenvalue weighted by molar-refractivity contribution is -0.274. The fourth-order valence-electron chi connectivity index (χ4n) is 1.76. The molecule has 0 amide bonds. The van der Waals surface area contributed by atoms with Gasteiger partial charge in [-0.25, -0.2) is 4.39 Å². The minimum atomic E-state index is -4.86. The summed E-state index contributed by atoms with van der Waals surface area (Å²) in [5.41, 5.74) is -1.18. The van der Waals surface area contributed by atoms with Gasteiger partial charge in [0, 0.05) is 5.56 Å². The summed E-state index contributed by atoms with van der Waals surface area (Å²) in [6.07, 6.45) is -9.54. The zero-order valence-corrected chi connectivity index (χ0v) is 10.6. The molecule has 2 aromatic carbocycles. The van der Waals surface area contributed by atoms with E-state index in [2.05, 4.69) is 4.74 Å². The summed E-state index contributed by atoms with van der Waals surface area (Å²) in [6.45, 7) is 0. The lowest BCUT2D eigenvalue weighted by Gasteiger charge is -2.11. The lowest BCUT2D eigenvalue weighted by Crippen LogP contribution is -2.16. The Labute approximate surface area is 119 Å². The van der Waals surface area contributed by atoms with Crippen molar-refractivity contribution in [2.45, 2.75) is 12.5 Å². The molecule has 0 atom stereocenters. The van der Waals surface area contributed by atoms with Crippen LogP contribution in [-0.2, 0) is 6.18 Å². The molecular weight excluding hydrogens is 317 g/mol. The van der Waals surface area contributed by atoms with E-state index in [1.54, 1.807) is 0 Å². The second-order valence-corrected chi connectivity index (χ2v) is 4.26. The van der Waals surface area contributed by atoms with Crippen molar-refractivity contribution in [3.63, 3.8) is 0 Å². The Balaban J connectivity index is 2.29. The molecule has 2 rings (SSSR count). The van der Waals surface area contributed by atoms with Gasteiger partial charge in [-0.05, 0) is 29.8 Å². The second-order valence-electron chi connectivity index (χ2n) is 4.26. The van der Waals surface area contributed by atoms with Crippen LogP contribution in [0.2, 0.25) is 0 Å². The van der Waals surface area contributed by atoms with E-state index in [1.165, 1.54) is 0 Å². The van der Waals surface area contributed by atoms with Crippen molar-refractivity contribution in [1.82, 2.24) is 0 Å². The molecular formula is C14H7F7O. The lowest BCUT2D eigenvalue weighted by atomic mass is 10.0. The molecule has 2 aromatic rings. The molecule has 118 valence electrons. The summed E-state index contributed by atoms with van der Waals surface area (Å²) >= 11 is 0. The van der Waals surface area contributed by atoms with E-state index in [0.29, 0.717) is 12.1 Å². The predicted octanol–water partition coefficient (Wildman–Crippen LogP) is 5.41. The predicted molar refractivity (Wildman–Crippen MR) is 63.5 cm³/mol. The molecule has 0 aliphatic carbocycles. The number of halogens is 7. The minimum absolute atomic E-state index is 0.126. The monoisotopic (exact) mass is 324 g/mol. The molecule has 0 heterocycles. The van der Waals surface area contributed by atoms with Gasteiger partial charge in [-0.3, -0.25) is 0 Å². The van der Waals surface area contributed by atoms with Crippen molar-refractivity contribution >= 4 is 0 Å². The number of benzene rings is 2. The molecule has 0 unspecified atom stereocenters. The Morgan fingerprint density at radius 1 is 0.773 bits per heavy atom. The van der Waals surface area contributed by atoms with Crippen LogP contribution in [0.5, 0.6) is 5.75 Å². The molecule has 0 bridgehead atoms. The van der Waals surface area contributed by atoms with E-state index in [-0.39, 0.29) is 11.1 Å². The molecule has 0 aliphatic rings. The molecule has 0 radical (unpaired) electrons. The van der Waals surface area contributed by atoms with Gasteiger partial charge in [0.15, 0.2) is 0 Å². The fourth-order valence-corrected chi connectivity index (χ4v) is 1.76. The molecule has 0 N–H and O–H groups in total. The quantitative estimate of drug-likeness (QED) is 0.671. The molecule has 1 nitrogen and oxygen atoms in total. The van der Waals surface area contributed by atoms with E-state index in [1.807, 2.05) is 0 Å². The average Bonchev–Trinajstić information content (AvgIpc) is 2.37. The summed E-state index contributed by atoms with van der Waals surface area (Å²) < 4.78 is 90.6. The highest BCUT2D eigenvalue weighted by Crippen LogP contribution is 2.33. The molecule has 0 spiro atoms. The van der Waals surface area contributed by atoms with Gasteiger partial charge in [0.05, 0.1) is 5.56 Å². The summed E-state index contributed by atoms with van der Waals surface area (Å²) in [7, 11) is 0. The third kappa shape index (κ3) is 3.90. The Hall–Kier alpha value is -2.25. The van der Waals surface area contributed by atoms with Gasteiger partial charge in [0.2, 0.25) is 0 Å². The molecule has 0 fully saturated rings. The maximum Gasteiger partial charge on any atom is 0.573 e. The number of alkyl halides is 6. The third-order valence-corrected chi connectivity index (χ3v) is 2.70. The first-order chi connectivity index (χ1) is 10.1. The maximum atomic E-state index is 13.7. The Bertz CT molecular complexity index is 656. The molecule has 0 aromatic heterocycles. The minimum Gasteiger partial charge on any atom is -0.406 e. The van der Waals surface area contributed by atoms with E-state index >= 15 is 0 Å². The zero-order valence-electron chi connectivity index (χ0n) is 10.6. The Morgan fingerprint density at radius 2 is 1.36 bits per heavy atom. The zero-order chi connectivity index (χ0) is 16.5. The standard InChI is InChI=1S/C14H7F7O/c15-12-7-9(13(16,17)18)3-6-11(12)8-1-4-10(5-2-8)22-14(19,20)21/h1-7H. The topological polar surface area (TPSA) is 9.23 Å². The highest BCUT2D eigenvalue weighted by molar-refractivity contribution is 5.65. The van der Waals surface area contributed by atoms with Crippen LogP contribution in [0.3, 0.4) is 0 Å². The second kappa shape index (κ2) is 5.51. The number of hydrogen-bond acceptors (Lipinski definition) is 1. The first kappa shape index (κ1) is 16.1. The van der Waals surface area contributed by atoms with Crippen molar-refractivity contribution in [2.24, 2.45) is 0 Å². The molecule has 0 saturated heterocycles. The molecule has 8 heteroatoms. The summed E-state index contributed by atoms with van der Waals surface area (Å²) in [6, 6.07) is 6.06. The number of rotatable bonds is 2. The van der Waals surface area contributed by atoms with Crippen LogP contribution in [0.15, 0.2) is 42.5 Å². The fraction of sp³-hybridized carbons (Fsp3) is 0.143. The Morgan fingerprint density at radius 3 is 1.82 bits per heavy atom. The van der Waals surface area contributed by atoms with Crippen molar-refractivity contribution in [1.29, 1.82) is 0 Å². The first-order valence-electron chi connectivity index (χ1n) is 5.79. The van der Waals surface area contributed by atoms with Crippen LogP contribution in [-0.4, -0.2) is 6.36 Å². The van der Waals surface area contributed by atoms with Gasteiger partial charge in [-0.15, -0.1) is 13.2 Å². The van der Waals surface area contributed by atoms with Crippen molar-refractivity contribution in [3.8, 4) is 16.9 Å². The van der Waals surface area contributed by atoms with Crippen LogP contribution < -0.4 is 4.74 Å². The summed E-state index contributed by atoms with van der Waals surface area (Å²) in [5, 5.41) is 0. The Kier molecular flexibility index (Phi) is 4.04. The largest absolute Gasteiger partial charge is 0.573 e. The van der Waals surface area contributed by atoms with Crippen LogP contribution in [0.1, 0.15) is 5.56 Å². The van der Waals surface area contributed by atoms with E-state index in [0.717, 1.165) is 30.3 Å². The van der Waals surface area contributed by atoms with Crippen molar-refractivity contribution in [3.05, 3.63) is 53.8 Å². The number of hydrogen-bond donors (Lipinski definition) is 0. The first-order valence-corrected chi connectivity index (χ1v) is 5.79. The van der Waals surface area contributed by atoms with Crippen LogP contribution in [0.25, 0.3) is 11.1 Å². The normalized spacial score (nSPS) is 12.3. The van der Waals surface area contributed by atoms with Crippen molar-refractivity contribution < 1.29 is 35.5 Å². The summed E-state index contributed by atoms with van der Waals surface area (Å²) in [5.74, 6) is -1.64. The van der Waals surface area contributed by atoms with Gasteiger partial charge in [0.25, 0.3) is 0 Å². The molecule has 0 aliphatic heterocycles. The summed E-state index contributed by atoms with van der Waals surface area (Å²) in [4.78, 5) is 0. The molecule has 22 heavy (non-hydrogen) atoms. The van der Waals surface area contributed by atoms with E-state index < -0.39 is 29.7 Å².